The number of carbonyl (C=O) groups excluding carboxylic acids is 5. The molecule has 0 fully saturated rings. The van der Waals surface area contributed by atoms with Gasteiger partial charge in [-0.2, -0.15) is 0 Å². The van der Waals surface area contributed by atoms with Gasteiger partial charge in [-0.05, 0) is 11.5 Å². The summed E-state index contributed by atoms with van der Waals surface area (Å²) in [7, 11) is 0. The largest absolute Gasteiger partial charge is 1.00 e. The van der Waals surface area contributed by atoms with Crippen LogP contribution in [0.5, 0.6) is 0 Å². The summed E-state index contributed by atoms with van der Waals surface area (Å²) in [5.74, 6) is -10.6. The maximum Gasteiger partial charge on any atom is 1.00 e. The van der Waals surface area contributed by atoms with Crippen molar-refractivity contribution in [2.75, 3.05) is 0 Å². The van der Waals surface area contributed by atoms with Crippen molar-refractivity contribution in [1.82, 2.24) is 0 Å². The molecular weight excluding hydrogens is 455 g/mol. The Morgan fingerprint density at radius 2 is 0.867 bits per heavy atom. The standard InChI is InChI=1S/C15H8O10.5Na/c16-11(17)5-2-1-4-6(12(18)19)3-7(13(20)21)10(15(24)25)8(4)9(5)14(22)23;;;;;/h1-3H,(H,16,17)(H,18,19)(H,20,21)(H,22,23)(H,24,25);;;;;/q;5*+1/p-5. The van der Waals surface area contributed by atoms with E-state index in [4.69, 9.17) is 0 Å². The molecule has 0 bridgehead atoms. The Bertz CT molecular complexity index is 985. The molecule has 0 unspecified atom stereocenters. The second kappa shape index (κ2) is 15.8. The summed E-state index contributed by atoms with van der Waals surface area (Å²) in [5, 5.41) is 54.4. The molecule has 0 heterocycles. The van der Waals surface area contributed by atoms with E-state index in [1.165, 1.54) is 0 Å². The third-order valence-electron chi connectivity index (χ3n) is 3.37. The van der Waals surface area contributed by atoms with Crippen molar-refractivity contribution < 1.29 is 197 Å². The van der Waals surface area contributed by atoms with Crippen LogP contribution in [0.3, 0.4) is 0 Å². The molecule has 2 rings (SSSR count). The van der Waals surface area contributed by atoms with Crippen LogP contribution >= 0.6 is 0 Å². The summed E-state index contributed by atoms with van der Waals surface area (Å²) in [4.78, 5) is 56.1. The number of benzene rings is 2. The Morgan fingerprint density at radius 3 is 1.20 bits per heavy atom. The summed E-state index contributed by atoms with van der Waals surface area (Å²) in [6.07, 6.45) is 0. The zero-order valence-corrected chi connectivity index (χ0v) is 26.8. The minimum atomic E-state index is -2.20. The van der Waals surface area contributed by atoms with E-state index >= 15 is 0 Å². The van der Waals surface area contributed by atoms with Gasteiger partial charge in [0.05, 0.1) is 29.8 Å². The van der Waals surface area contributed by atoms with Gasteiger partial charge in [-0.3, -0.25) is 0 Å². The Hall–Kier alpha value is 1.05. The average molecular weight is 458 g/mol. The number of carbonyl (C=O) groups is 5. The minimum Gasteiger partial charge on any atom is -0.545 e. The maximum atomic E-state index is 11.3. The van der Waals surface area contributed by atoms with Crippen LogP contribution in [-0.4, -0.2) is 29.8 Å². The predicted molar refractivity (Wildman–Crippen MR) is 65.6 cm³/mol. The predicted octanol–water partition coefficient (Wildman–Crippen LogP) is -20.3. The first kappa shape index (κ1) is 38.3. The van der Waals surface area contributed by atoms with Gasteiger partial charge in [-0.1, -0.05) is 12.1 Å². The van der Waals surface area contributed by atoms with Gasteiger partial charge in [0.25, 0.3) is 0 Å². The average Bonchev–Trinajstić information content (AvgIpc) is 2.50. The van der Waals surface area contributed by atoms with E-state index in [9.17, 15) is 49.5 Å². The minimum absolute atomic E-state index is 0. The van der Waals surface area contributed by atoms with E-state index < -0.39 is 68.4 Å². The summed E-state index contributed by atoms with van der Waals surface area (Å²) in [6.45, 7) is 0. The fourth-order valence-electron chi connectivity index (χ4n) is 2.44. The summed E-state index contributed by atoms with van der Waals surface area (Å²) < 4.78 is 0. The van der Waals surface area contributed by atoms with Gasteiger partial charge in [-0.25, -0.2) is 0 Å². The van der Waals surface area contributed by atoms with E-state index in [-0.39, 0.29) is 148 Å². The third-order valence-corrected chi connectivity index (χ3v) is 3.37. The molecule has 0 saturated carbocycles. The molecular formula is C15H3Na5O10. The Morgan fingerprint density at radius 1 is 0.500 bits per heavy atom. The quantitative estimate of drug-likeness (QED) is 0.387. The Labute approximate surface area is 279 Å². The van der Waals surface area contributed by atoms with Crippen LogP contribution in [0, 0.1) is 0 Å². The smallest absolute Gasteiger partial charge is 0.545 e. The zero-order valence-electron chi connectivity index (χ0n) is 16.8. The first-order chi connectivity index (χ1) is 11.6. The van der Waals surface area contributed by atoms with Gasteiger partial charge >= 0.3 is 148 Å². The molecule has 0 aromatic heterocycles. The van der Waals surface area contributed by atoms with Crippen molar-refractivity contribution in [2.24, 2.45) is 0 Å². The third kappa shape index (κ3) is 7.82. The summed E-state index contributed by atoms with van der Waals surface area (Å²) in [5.41, 5.74) is -5.73. The first-order valence-corrected chi connectivity index (χ1v) is 6.28. The van der Waals surface area contributed by atoms with Crippen LogP contribution in [0.4, 0.5) is 0 Å². The van der Waals surface area contributed by atoms with E-state index in [0.29, 0.717) is 12.1 Å². The van der Waals surface area contributed by atoms with Crippen molar-refractivity contribution in [3.05, 3.63) is 46.0 Å². The van der Waals surface area contributed by atoms with E-state index in [1.807, 2.05) is 0 Å². The normalized spacial score (nSPS) is 8.67. The van der Waals surface area contributed by atoms with Crippen molar-refractivity contribution >= 4 is 40.6 Å². The SMILES string of the molecule is O=C([O-])c1ccc2c(C(=O)[O-])cc(C(=O)[O-])c(C(=O)[O-])c2c1C(=O)[O-].[Na+].[Na+].[Na+].[Na+].[Na+]. The molecule has 2 aromatic carbocycles. The van der Waals surface area contributed by atoms with Crippen molar-refractivity contribution in [1.29, 1.82) is 0 Å². The molecule has 30 heavy (non-hydrogen) atoms. The number of hydrogen-bond donors (Lipinski definition) is 0. The van der Waals surface area contributed by atoms with Gasteiger partial charge in [0.15, 0.2) is 0 Å². The number of aromatic carboxylic acids is 5. The van der Waals surface area contributed by atoms with Crippen LogP contribution in [0.2, 0.25) is 0 Å². The summed E-state index contributed by atoms with van der Waals surface area (Å²) >= 11 is 0. The number of fused-ring (bicyclic) bond motifs is 1. The van der Waals surface area contributed by atoms with Crippen LogP contribution in [-0.2, 0) is 0 Å². The number of hydrogen-bond acceptors (Lipinski definition) is 10. The van der Waals surface area contributed by atoms with Crippen LogP contribution < -0.4 is 173 Å². The number of rotatable bonds is 5. The Kier molecular flexibility index (Phi) is 20.2. The fourth-order valence-corrected chi connectivity index (χ4v) is 2.44. The van der Waals surface area contributed by atoms with E-state index in [1.54, 1.807) is 0 Å². The molecule has 0 spiro atoms. The van der Waals surface area contributed by atoms with Gasteiger partial charge in [0.1, 0.15) is 0 Å². The van der Waals surface area contributed by atoms with Gasteiger partial charge in [0.2, 0.25) is 0 Å². The first-order valence-electron chi connectivity index (χ1n) is 6.28. The number of carboxylic acids is 5. The second-order valence-electron chi connectivity index (χ2n) is 4.69. The molecule has 0 N–H and O–H groups in total. The molecule has 0 aliphatic rings. The molecule has 0 aliphatic carbocycles. The molecule has 0 atom stereocenters. The maximum absolute atomic E-state index is 11.3. The molecule has 0 amide bonds. The fraction of sp³-hybridized carbons (Fsp3) is 0. The van der Waals surface area contributed by atoms with Crippen LogP contribution in [0.25, 0.3) is 10.8 Å². The van der Waals surface area contributed by atoms with Crippen molar-refractivity contribution in [2.45, 2.75) is 0 Å². The molecule has 0 radical (unpaired) electrons. The summed E-state index contributed by atoms with van der Waals surface area (Å²) in [6, 6.07) is 1.80. The van der Waals surface area contributed by atoms with E-state index in [0.717, 1.165) is 6.07 Å². The van der Waals surface area contributed by atoms with Crippen LogP contribution in [0.15, 0.2) is 18.2 Å². The molecule has 10 nitrogen and oxygen atoms in total. The van der Waals surface area contributed by atoms with Gasteiger partial charge in [0, 0.05) is 33.2 Å². The van der Waals surface area contributed by atoms with Crippen molar-refractivity contribution in [3.8, 4) is 0 Å². The van der Waals surface area contributed by atoms with E-state index in [2.05, 4.69) is 0 Å². The Balaban J connectivity index is -0.000000676. The molecule has 0 aliphatic heterocycles. The second-order valence-corrected chi connectivity index (χ2v) is 4.69. The molecule has 2 aromatic rings. The molecule has 15 heteroatoms. The monoisotopic (exact) mass is 458 g/mol. The van der Waals surface area contributed by atoms with Gasteiger partial charge < -0.3 is 49.5 Å². The van der Waals surface area contributed by atoms with Crippen molar-refractivity contribution in [3.63, 3.8) is 0 Å². The molecule has 0 saturated heterocycles. The number of carboxylic acid groups (broad SMARTS) is 5. The topological polar surface area (TPSA) is 201 Å². The van der Waals surface area contributed by atoms with Gasteiger partial charge in [-0.15, -0.1) is 0 Å². The molecule has 128 valence electrons. The zero-order chi connectivity index (χ0) is 19.0. The van der Waals surface area contributed by atoms with Crippen LogP contribution in [0.1, 0.15) is 51.8 Å².